The molecule has 154 valence electrons. The van der Waals surface area contributed by atoms with Gasteiger partial charge in [-0.2, -0.15) is 0 Å². The molecule has 3 aliphatic heterocycles. The zero-order valence-electron chi connectivity index (χ0n) is 16.4. The van der Waals surface area contributed by atoms with Gasteiger partial charge in [0.05, 0.1) is 5.92 Å². The van der Waals surface area contributed by atoms with Gasteiger partial charge in [-0.25, -0.2) is 4.79 Å². The molecule has 3 saturated heterocycles. The van der Waals surface area contributed by atoms with E-state index in [4.69, 9.17) is 0 Å². The van der Waals surface area contributed by atoms with Crippen LogP contribution in [0.2, 0.25) is 0 Å². The van der Waals surface area contributed by atoms with Gasteiger partial charge in [0.15, 0.2) is 0 Å². The van der Waals surface area contributed by atoms with Gasteiger partial charge in [-0.3, -0.25) is 4.79 Å². The molecule has 1 atom stereocenters. The minimum atomic E-state index is -0.103. The molecule has 0 saturated carbocycles. The molecule has 1 aromatic carbocycles. The van der Waals surface area contributed by atoms with E-state index in [1.165, 1.54) is 6.42 Å². The van der Waals surface area contributed by atoms with Gasteiger partial charge in [0, 0.05) is 38.4 Å². The molecule has 7 heteroatoms. The fraction of sp³-hybridized carbons (Fsp3) is 0.619. The number of rotatable bonds is 2. The van der Waals surface area contributed by atoms with Crippen molar-refractivity contribution in [3.63, 3.8) is 0 Å². The molecule has 1 unspecified atom stereocenters. The zero-order chi connectivity index (χ0) is 18.7. The second kappa shape index (κ2) is 9.14. The number of amides is 3. The van der Waals surface area contributed by atoms with Crippen LogP contribution in [0.25, 0.3) is 0 Å². The molecule has 0 radical (unpaired) electrons. The summed E-state index contributed by atoms with van der Waals surface area (Å²) < 4.78 is 0. The van der Waals surface area contributed by atoms with Crippen molar-refractivity contribution >= 4 is 30.0 Å². The number of para-hydroxylation sites is 1. The number of carbonyl (C=O) groups excluding carboxylic acids is 2. The van der Waals surface area contributed by atoms with Crippen LogP contribution in [0, 0.1) is 11.3 Å². The molecule has 1 spiro atoms. The topological polar surface area (TPSA) is 64.7 Å². The molecule has 1 aromatic rings. The van der Waals surface area contributed by atoms with Crippen molar-refractivity contribution in [1.29, 1.82) is 0 Å². The quantitative estimate of drug-likeness (QED) is 0.793. The monoisotopic (exact) mass is 406 g/mol. The van der Waals surface area contributed by atoms with E-state index in [1.54, 1.807) is 4.90 Å². The molecule has 6 nitrogen and oxygen atoms in total. The third-order valence-electron chi connectivity index (χ3n) is 6.55. The first-order chi connectivity index (χ1) is 13.2. The lowest BCUT2D eigenvalue weighted by atomic mass is 9.77. The normalized spacial score (nSPS) is 23.9. The van der Waals surface area contributed by atoms with Crippen molar-refractivity contribution in [3.8, 4) is 0 Å². The molecular formula is C21H31ClN4O2. The van der Waals surface area contributed by atoms with Crippen LogP contribution < -0.4 is 10.6 Å². The van der Waals surface area contributed by atoms with E-state index in [-0.39, 0.29) is 30.3 Å². The Morgan fingerprint density at radius 2 is 1.79 bits per heavy atom. The molecule has 3 heterocycles. The van der Waals surface area contributed by atoms with E-state index in [0.29, 0.717) is 12.0 Å². The summed E-state index contributed by atoms with van der Waals surface area (Å²) in [7, 11) is 0. The molecule has 28 heavy (non-hydrogen) atoms. The Bertz CT molecular complexity index is 668. The first-order valence-electron chi connectivity index (χ1n) is 10.3. The molecule has 0 aliphatic carbocycles. The number of nitrogens with one attached hydrogen (secondary N) is 2. The molecule has 3 aliphatic rings. The smallest absolute Gasteiger partial charge is 0.321 e. The van der Waals surface area contributed by atoms with Crippen LogP contribution in [0.3, 0.4) is 0 Å². The first-order valence-corrected chi connectivity index (χ1v) is 10.3. The predicted octanol–water partition coefficient (Wildman–Crippen LogP) is 2.95. The number of likely N-dealkylation sites (tertiary alicyclic amines) is 2. The van der Waals surface area contributed by atoms with Crippen LogP contribution >= 0.6 is 12.4 Å². The SMILES string of the molecule is Cl.O=C(Nc1ccccc1)N1CCCC(C(=O)N2CCC3(CCNC3)CC2)C1. The standard InChI is InChI=1S/C21H30N4O2.ClH/c26-19(24-13-9-21(10-14-24)8-11-22-16-21)17-5-4-12-25(15-17)20(27)23-18-6-2-1-3-7-18;/h1-3,6-7,17,22H,4-5,8-16H2,(H,23,27);1H. The Morgan fingerprint density at radius 1 is 1.04 bits per heavy atom. The van der Waals surface area contributed by atoms with Gasteiger partial charge in [0.25, 0.3) is 0 Å². The number of urea groups is 1. The van der Waals surface area contributed by atoms with E-state index >= 15 is 0 Å². The zero-order valence-corrected chi connectivity index (χ0v) is 17.2. The summed E-state index contributed by atoms with van der Waals surface area (Å²) >= 11 is 0. The second-order valence-corrected chi connectivity index (χ2v) is 8.33. The number of piperidine rings is 2. The number of halogens is 1. The van der Waals surface area contributed by atoms with Crippen molar-refractivity contribution in [2.45, 2.75) is 32.1 Å². The maximum atomic E-state index is 13.0. The second-order valence-electron chi connectivity index (χ2n) is 8.33. The van der Waals surface area contributed by atoms with Crippen LogP contribution in [0.4, 0.5) is 10.5 Å². The summed E-state index contributed by atoms with van der Waals surface area (Å²) in [6.07, 6.45) is 5.23. The third-order valence-corrected chi connectivity index (χ3v) is 6.55. The van der Waals surface area contributed by atoms with E-state index in [2.05, 4.69) is 10.6 Å². The third kappa shape index (κ3) is 4.61. The predicted molar refractivity (Wildman–Crippen MR) is 113 cm³/mol. The van der Waals surface area contributed by atoms with Gasteiger partial charge in [-0.05, 0) is 56.2 Å². The Hall–Kier alpha value is -1.79. The maximum absolute atomic E-state index is 13.0. The van der Waals surface area contributed by atoms with E-state index in [1.807, 2.05) is 35.2 Å². The number of anilines is 1. The van der Waals surface area contributed by atoms with Crippen LogP contribution in [0.5, 0.6) is 0 Å². The highest BCUT2D eigenvalue weighted by atomic mass is 35.5. The van der Waals surface area contributed by atoms with Crippen molar-refractivity contribution in [1.82, 2.24) is 15.1 Å². The molecule has 0 bridgehead atoms. The summed E-state index contributed by atoms with van der Waals surface area (Å²) in [4.78, 5) is 29.4. The highest BCUT2D eigenvalue weighted by Gasteiger charge is 2.40. The number of hydrogen-bond donors (Lipinski definition) is 2. The van der Waals surface area contributed by atoms with Gasteiger partial charge < -0.3 is 20.4 Å². The fourth-order valence-corrected chi connectivity index (χ4v) is 4.77. The molecule has 0 aromatic heterocycles. The summed E-state index contributed by atoms with van der Waals surface area (Å²) in [5, 5.41) is 6.41. The van der Waals surface area contributed by atoms with Gasteiger partial charge in [-0.15, -0.1) is 12.4 Å². The van der Waals surface area contributed by atoms with Crippen molar-refractivity contribution in [2.75, 3.05) is 44.6 Å². The Balaban J connectivity index is 0.00000225. The first kappa shape index (κ1) is 20.9. The molecule has 3 fully saturated rings. The summed E-state index contributed by atoms with van der Waals surface area (Å²) in [5.74, 6) is 0.184. The average Bonchev–Trinajstić information content (AvgIpc) is 3.17. The molecule has 3 amide bonds. The lowest BCUT2D eigenvalue weighted by Gasteiger charge is -2.41. The van der Waals surface area contributed by atoms with Gasteiger partial charge >= 0.3 is 6.03 Å². The molecule has 4 rings (SSSR count). The highest BCUT2D eigenvalue weighted by Crippen LogP contribution is 2.37. The highest BCUT2D eigenvalue weighted by molar-refractivity contribution is 5.90. The van der Waals surface area contributed by atoms with Crippen LogP contribution in [-0.2, 0) is 4.79 Å². The number of hydrogen-bond acceptors (Lipinski definition) is 3. The van der Waals surface area contributed by atoms with Crippen LogP contribution in [0.1, 0.15) is 32.1 Å². The maximum Gasteiger partial charge on any atom is 0.321 e. The van der Waals surface area contributed by atoms with Gasteiger partial charge in [0.2, 0.25) is 5.91 Å². The van der Waals surface area contributed by atoms with E-state index in [9.17, 15) is 9.59 Å². The fourth-order valence-electron chi connectivity index (χ4n) is 4.77. The van der Waals surface area contributed by atoms with Gasteiger partial charge in [-0.1, -0.05) is 18.2 Å². The molecular weight excluding hydrogens is 376 g/mol. The van der Waals surface area contributed by atoms with Crippen LogP contribution in [0.15, 0.2) is 30.3 Å². The lowest BCUT2D eigenvalue weighted by Crippen LogP contribution is -2.51. The minimum absolute atomic E-state index is 0. The van der Waals surface area contributed by atoms with E-state index < -0.39 is 0 Å². The summed E-state index contributed by atoms with van der Waals surface area (Å²) in [6, 6.07) is 9.39. The van der Waals surface area contributed by atoms with Crippen molar-refractivity contribution < 1.29 is 9.59 Å². The largest absolute Gasteiger partial charge is 0.342 e. The average molecular weight is 407 g/mol. The lowest BCUT2D eigenvalue weighted by molar-refractivity contribution is -0.139. The Morgan fingerprint density at radius 3 is 2.46 bits per heavy atom. The van der Waals surface area contributed by atoms with Crippen molar-refractivity contribution in [3.05, 3.63) is 30.3 Å². The van der Waals surface area contributed by atoms with Crippen LogP contribution in [-0.4, -0.2) is 61.0 Å². The van der Waals surface area contributed by atoms with Gasteiger partial charge in [0.1, 0.15) is 0 Å². The number of benzene rings is 1. The Labute approximate surface area is 173 Å². The number of carbonyl (C=O) groups is 2. The Kier molecular flexibility index (Phi) is 6.83. The van der Waals surface area contributed by atoms with E-state index in [0.717, 1.165) is 64.1 Å². The summed E-state index contributed by atoms with van der Waals surface area (Å²) in [5.41, 5.74) is 1.22. The molecule has 2 N–H and O–H groups in total. The summed E-state index contributed by atoms with van der Waals surface area (Å²) in [6.45, 7) is 5.20. The number of nitrogens with zero attached hydrogens (tertiary/aromatic N) is 2. The van der Waals surface area contributed by atoms with Crippen molar-refractivity contribution in [2.24, 2.45) is 11.3 Å². The minimum Gasteiger partial charge on any atom is -0.342 e.